The zero-order valence-electron chi connectivity index (χ0n) is 18.6. The van der Waals surface area contributed by atoms with Crippen molar-refractivity contribution in [1.82, 2.24) is 9.55 Å². The second-order valence-corrected chi connectivity index (χ2v) is 9.82. The topological polar surface area (TPSA) is 64.0 Å². The molecule has 2 aromatic heterocycles. The molecule has 4 aromatic rings. The molecule has 0 unspecified atom stereocenters. The number of carbonyl (C=O) groups excluding carboxylic acids is 1. The van der Waals surface area contributed by atoms with E-state index in [1.54, 1.807) is 12.1 Å². The van der Waals surface area contributed by atoms with Crippen LogP contribution in [-0.4, -0.2) is 21.2 Å². The van der Waals surface area contributed by atoms with Crippen LogP contribution in [0.4, 0.5) is 10.1 Å². The number of carbonyl (C=O) groups is 1. The third-order valence-electron chi connectivity index (χ3n) is 5.26. The van der Waals surface area contributed by atoms with Crippen molar-refractivity contribution in [3.63, 3.8) is 0 Å². The molecule has 33 heavy (non-hydrogen) atoms. The molecule has 0 bridgehead atoms. The molecule has 0 aliphatic heterocycles. The summed E-state index contributed by atoms with van der Waals surface area (Å²) in [6, 6.07) is 13.3. The van der Waals surface area contributed by atoms with E-state index in [9.17, 15) is 14.0 Å². The van der Waals surface area contributed by atoms with Crippen LogP contribution >= 0.6 is 23.1 Å². The number of rotatable bonds is 7. The molecule has 1 N–H and O–H groups in total. The largest absolute Gasteiger partial charge is 0.325 e. The Balaban J connectivity index is 1.71. The van der Waals surface area contributed by atoms with Gasteiger partial charge in [0.25, 0.3) is 5.56 Å². The lowest BCUT2D eigenvalue weighted by Crippen LogP contribution is -2.23. The van der Waals surface area contributed by atoms with E-state index in [1.807, 2.05) is 38.1 Å². The Labute approximate surface area is 199 Å². The maximum absolute atomic E-state index is 13.6. The SMILES string of the molecule is CCCc1sc2nc(SCC(=O)Nc3ccc(C)cc3)n(-c3ccc(F)cc3)c(=O)c2c1C. The first kappa shape index (κ1) is 23.2. The van der Waals surface area contributed by atoms with Crippen LogP contribution in [0.5, 0.6) is 0 Å². The van der Waals surface area contributed by atoms with Gasteiger partial charge in [-0.25, -0.2) is 9.37 Å². The molecule has 2 aromatic carbocycles. The minimum Gasteiger partial charge on any atom is -0.325 e. The molecule has 170 valence electrons. The molecule has 0 aliphatic rings. The van der Waals surface area contributed by atoms with Crippen molar-refractivity contribution in [3.05, 3.63) is 80.7 Å². The highest BCUT2D eigenvalue weighted by Crippen LogP contribution is 2.31. The fraction of sp³-hybridized carbons (Fsp3) is 0.240. The monoisotopic (exact) mass is 481 g/mol. The Morgan fingerprint density at radius 3 is 2.48 bits per heavy atom. The number of aromatic nitrogens is 2. The standard InChI is InChI=1S/C25H24FN3O2S2/c1-4-5-20-16(3)22-23(33-20)28-25(29(24(22)31)19-12-8-17(26)9-13-19)32-14-21(30)27-18-10-6-15(2)7-11-18/h6-13H,4-5,14H2,1-3H3,(H,27,30). The highest BCUT2D eigenvalue weighted by Gasteiger charge is 2.20. The van der Waals surface area contributed by atoms with Crippen LogP contribution in [0.2, 0.25) is 0 Å². The van der Waals surface area contributed by atoms with Gasteiger partial charge in [0.2, 0.25) is 5.91 Å². The predicted octanol–water partition coefficient (Wildman–Crippen LogP) is 5.89. The molecule has 0 saturated carbocycles. The average Bonchev–Trinajstić information content (AvgIpc) is 3.10. The Hall–Kier alpha value is -2.97. The van der Waals surface area contributed by atoms with E-state index in [2.05, 4.69) is 12.2 Å². The number of thioether (sulfide) groups is 1. The Morgan fingerprint density at radius 1 is 1.12 bits per heavy atom. The van der Waals surface area contributed by atoms with Crippen molar-refractivity contribution in [2.45, 2.75) is 38.8 Å². The number of nitrogens with zero attached hydrogens (tertiary/aromatic N) is 2. The summed E-state index contributed by atoms with van der Waals surface area (Å²) in [5, 5.41) is 3.86. The Kier molecular flexibility index (Phi) is 6.95. The van der Waals surface area contributed by atoms with Crippen molar-refractivity contribution in [2.75, 3.05) is 11.1 Å². The number of hydrogen-bond donors (Lipinski definition) is 1. The van der Waals surface area contributed by atoms with E-state index in [-0.39, 0.29) is 23.0 Å². The third kappa shape index (κ3) is 5.02. The fourth-order valence-corrected chi connectivity index (χ4v) is 5.69. The van der Waals surface area contributed by atoms with Crippen LogP contribution in [0.25, 0.3) is 15.9 Å². The minimum absolute atomic E-state index is 0.0825. The number of benzene rings is 2. The number of thiophene rings is 1. The van der Waals surface area contributed by atoms with Gasteiger partial charge in [-0.05, 0) is 62.2 Å². The molecule has 2 heterocycles. The van der Waals surface area contributed by atoms with E-state index in [1.165, 1.54) is 39.8 Å². The van der Waals surface area contributed by atoms with Crippen molar-refractivity contribution in [3.8, 4) is 5.69 Å². The molecule has 8 heteroatoms. The lowest BCUT2D eigenvalue weighted by molar-refractivity contribution is -0.113. The zero-order chi connectivity index (χ0) is 23.5. The summed E-state index contributed by atoms with van der Waals surface area (Å²) in [6.45, 7) is 6.03. The van der Waals surface area contributed by atoms with E-state index >= 15 is 0 Å². The predicted molar refractivity (Wildman–Crippen MR) is 134 cm³/mol. The van der Waals surface area contributed by atoms with Crippen molar-refractivity contribution in [2.24, 2.45) is 0 Å². The normalized spacial score (nSPS) is 11.2. The van der Waals surface area contributed by atoms with Gasteiger partial charge in [-0.15, -0.1) is 11.3 Å². The summed E-state index contributed by atoms with van der Waals surface area (Å²) >= 11 is 2.71. The molecule has 0 aliphatic carbocycles. The molecule has 0 radical (unpaired) electrons. The quantitative estimate of drug-likeness (QED) is 0.264. The van der Waals surface area contributed by atoms with Crippen molar-refractivity contribution < 1.29 is 9.18 Å². The van der Waals surface area contributed by atoms with Gasteiger partial charge in [0, 0.05) is 10.6 Å². The van der Waals surface area contributed by atoms with Crippen LogP contribution < -0.4 is 10.9 Å². The first-order valence-corrected chi connectivity index (χ1v) is 12.5. The maximum Gasteiger partial charge on any atom is 0.267 e. The highest BCUT2D eigenvalue weighted by molar-refractivity contribution is 7.99. The van der Waals surface area contributed by atoms with Crippen LogP contribution in [0.1, 0.15) is 29.3 Å². The van der Waals surface area contributed by atoms with Crippen LogP contribution in [-0.2, 0) is 11.2 Å². The minimum atomic E-state index is -0.385. The second-order valence-electron chi connectivity index (χ2n) is 7.79. The smallest absolute Gasteiger partial charge is 0.267 e. The highest BCUT2D eigenvalue weighted by atomic mass is 32.2. The van der Waals surface area contributed by atoms with Crippen LogP contribution in [0, 0.1) is 19.7 Å². The Bertz CT molecular complexity index is 1360. The van der Waals surface area contributed by atoms with Gasteiger partial charge in [-0.2, -0.15) is 0 Å². The van der Waals surface area contributed by atoms with Gasteiger partial charge >= 0.3 is 0 Å². The number of nitrogens with one attached hydrogen (secondary N) is 1. The van der Waals surface area contributed by atoms with Gasteiger partial charge in [-0.3, -0.25) is 14.2 Å². The second kappa shape index (κ2) is 9.89. The summed E-state index contributed by atoms with van der Waals surface area (Å²) in [6.07, 6.45) is 1.85. The number of fused-ring (bicyclic) bond motifs is 1. The van der Waals surface area contributed by atoms with Crippen molar-refractivity contribution >= 4 is 44.9 Å². The first-order valence-electron chi connectivity index (χ1n) is 10.7. The number of hydrogen-bond acceptors (Lipinski definition) is 5. The van der Waals surface area contributed by atoms with Gasteiger partial charge in [0.15, 0.2) is 5.16 Å². The number of anilines is 1. The lowest BCUT2D eigenvalue weighted by atomic mass is 10.1. The average molecular weight is 482 g/mol. The first-order chi connectivity index (χ1) is 15.9. The molecular weight excluding hydrogens is 457 g/mol. The summed E-state index contributed by atoms with van der Waals surface area (Å²) in [4.78, 5) is 32.7. The number of aryl methyl sites for hydroxylation is 3. The van der Waals surface area contributed by atoms with Gasteiger partial charge in [-0.1, -0.05) is 42.8 Å². The molecule has 0 fully saturated rings. The summed E-state index contributed by atoms with van der Waals surface area (Å²) in [5.74, 6) is -0.499. The van der Waals surface area contributed by atoms with Crippen LogP contribution in [0.15, 0.2) is 58.5 Å². The van der Waals surface area contributed by atoms with Crippen LogP contribution in [0.3, 0.4) is 0 Å². The summed E-state index contributed by atoms with van der Waals surface area (Å²) in [5.41, 5.74) is 3.07. The molecule has 0 saturated heterocycles. The molecular formula is C25H24FN3O2S2. The maximum atomic E-state index is 13.6. The zero-order valence-corrected chi connectivity index (χ0v) is 20.3. The van der Waals surface area contributed by atoms with Gasteiger partial charge in [0.05, 0.1) is 16.8 Å². The molecule has 0 spiro atoms. The summed E-state index contributed by atoms with van der Waals surface area (Å²) in [7, 11) is 0. The number of halogens is 1. The molecule has 4 rings (SSSR count). The molecule has 5 nitrogen and oxygen atoms in total. The van der Waals surface area contributed by atoms with Gasteiger partial charge < -0.3 is 5.32 Å². The molecule has 1 amide bonds. The van der Waals surface area contributed by atoms with Crippen molar-refractivity contribution in [1.29, 1.82) is 0 Å². The fourth-order valence-electron chi connectivity index (χ4n) is 3.55. The number of amides is 1. The Morgan fingerprint density at radius 2 is 1.82 bits per heavy atom. The third-order valence-corrected chi connectivity index (χ3v) is 7.45. The molecule has 0 atom stereocenters. The van der Waals surface area contributed by atoms with E-state index in [4.69, 9.17) is 4.98 Å². The van der Waals surface area contributed by atoms with E-state index < -0.39 is 0 Å². The summed E-state index contributed by atoms with van der Waals surface area (Å²) < 4.78 is 15.0. The lowest BCUT2D eigenvalue weighted by Gasteiger charge is -2.12. The van der Waals surface area contributed by atoms with Gasteiger partial charge in [0.1, 0.15) is 10.6 Å². The van der Waals surface area contributed by atoms with E-state index in [0.717, 1.165) is 28.8 Å². The van der Waals surface area contributed by atoms with E-state index in [0.29, 0.717) is 26.7 Å².